The van der Waals surface area contributed by atoms with E-state index in [0.29, 0.717) is 5.56 Å². The molecule has 3 aromatic carbocycles. The Labute approximate surface area is 391 Å². The fourth-order valence-electron chi connectivity index (χ4n) is 11.5. The molecule has 18 nitrogen and oxygen atoms in total. The van der Waals surface area contributed by atoms with Gasteiger partial charge in [-0.3, -0.25) is 19.2 Å². The lowest BCUT2D eigenvalue weighted by Crippen LogP contribution is -2.83. The predicted molar refractivity (Wildman–Crippen MR) is 234 cm³/mol. The minimum absolute atomic E-state index is 0.0224. The molecular formula is C50H57NO17. The molecular weight excluding hydrogens is 887 g/mol. The zero-order chi connectivity index (χ0) is 49.1. The Morgan fingerprint density at radius 3 is 2.01 bits per heavy atom. The van der Waals surface area contributed by atoms with E-state index in [1.165, 1.54) is 32.9 Å². The second-order valence-electron chi connectivity index (χ2n) is 19.4. The largest absolute Gasteiger partial charge is 0.460 e. The first-order chi connectivity index (χ1) is 32.2. The zero-order valence-electron chi connectivity index (χ0n) is 38.1. The minimum atomic E-state index is -2.47. The second-order valence-corrected chi connectivity index (χ2v) is 19.4. The van der Waals surface area contributed by atoms with Gasteiger partial charge >= 0.3 is 17.9 Å². The maximum Gasteiger partial charge on any atom is 0.338 e. The molecule has 3 aromatic rings. The molecule has 1 amide bonds. The summed E-state index contributed by atoms with van der Waals surface area (Å²) in [5, 5.41) is 60.2. The van der Waals surface area contributed by atoms with Crippen LogP contribution in [0.25, 0.3) is 0 Å². The third-order valence-corrected chi connectivity index (χ3v) is 15.2. The number of ketones is 2. The van der Waals surface area contributed by atoms with E-state index in [2.05, 4.69) is 5.32 Å². The topological polar surface area (TPSA) is 271 Å². The lowest BCUT2D eigenvalue weighted by molar-refractivity contribution is -0.368. The normalized spacial score (nSPS) is 37.0. The van der Waals surface area contributed by atoms with E-state index in [9.17, 15) is 44.7 Å². The van der Waals surface area contributed by atoms with Crippen LogP contribution in [0.1, 0.15) is 79.8 Å². The first-order valence-electron chi connectivity index (χ1n) is 22.7. The lowest BCUT2D eigenvalue weighted by atomic mass is 9.42. The first kappa shape index (κ1) is 49.0. The number of fused-ring (bicyclic) bond motifs is 5. The summed E-state index contributed by atoms with van der Waals surface area (Å²) in [5.41, 5.74) is -7.67. The number of carbonyl (C=O) groups excluding carboxylic acids is 6. The molecule has 16 atom stereocenters. The number of esters is 3. The van der Waals surface area contributed by atoms with Crippen LogP contribution < -0.4 is 5.32 Å². The highest BCUT2D eigenvalue weighted by atomic mass is 16.7. The molecule has 2 aliphatic heterocycles. The van der Waals surface area contributed by atoms with Crippen LogP contribution in [0.3, 0.4) is 0 Å². The van der Waals surface area contributed by atoms with Crippen LogP contribution >= 0.6 is 0 Å². The van der Waals surface area contributed by atoms with E-state index in [1.54, 1.807) is 85.8 Å². The quantitative estimate of drug-likeness (QED) is 0.0908. The van der Waals surface area contributed by atoms with Crippen LogP contribution in [-0.2, 0) is 47.6 Å². The van der Waals surface area contributed by atoms with Crippen LogP contribution in [0, 0.1) is 28.6 Å². The molecule has 2 heterocycles. The van der Waals surface area contributed by atoms with Gasteiger partial charge in [0, 0.05) is 42.6 Å². The van der Waals surface area contributed by atoms with E-state index in [4.69, 9.17) is 28.4 Å². The number of nitrogens with one attached hydrogen (secondary N) is 1. The van der Waals surface area contributed by atoms with Gasteiger partial charge in [-0.2, -0.15) is 0 Å². The summed E-state index contributed by atoms with van der Waals surface area (Å²) < 4.78 is 36.7. The van der Waals surface area contributed by atoms with Crippen molar-refractivity contribution in [3.8, 4) is 0 Å². The van der Waals surface area contributed by atoms with Gasteiger partial charge in [0.05, 0.1) is 42.3 Å². The molecule has 3 saturated carbocycles. The summed E-state index contributed by atoms with van der Waals surface area (Å²) in [4.78, 5) is 86.5. The predicted octanol–water partition coefficient (Wildman–Crippen LogP) is 1.77. The van der Waals surface area contributed by atoms with Gasteiger partial charge in [-0.25, -0.2) is 9.59 Å². The highest BCUT2D eigenvalue weighted by Crippen LogP contribution is 2.65. The molecule has 68 heavy (non-hydrogen) atoms. The van der Waals surface area contributed by atoms with Crippen molar-refractivity contribution in [2.45, 2.75) is 120 Å². The van der Waals surface area contributed by atoms with Crippen LogP contribution in [0.4, 0.5) is 0 Å². The van der Waals surface area contributed by atoms with Crippen molar-refractivity contribution in [1.29, 1.82) is 0 Å². The van der Waals surface area contributed by atoms with Crippen molar-refractivity contribution >= 4 is 35.4 Å². The fourth-order valence-corrected chi connectivity index (χ4v) is 11.5. The summed E-state index contributed by atoms with van der Waals surface area (Å²) in [6, 6.07) is 22.7. The highest BCUT2D eigenvalue weighted by Gasteiger charge is 2.79. The number of amides is 1. The molecule has 364 valence electrons. The number of Topliss-reactive ketones (excluding diaryl/α,β-unsaturated/α-hetero) is 2. The monoisotopic (exact) mass is 943 g/mol. The Hall–Kier alpha value is -5.44. The molecule has 2 bridgehead atoms. The van der Waals surface area contributed by atoms with E-state index < -0.39 is 156 Å². The van der Waals surface area contributed by atoms with Crippen molar-refractivity contribution in [1.82, 2.24) is 5.32 Å². The summed E-state index contributed by atoms with van der Waals surface area (Å²) in [7, 11) is 0. The lowest BCUT2D eigenvalue weighted by Gasteiger charge is -2.68. The number of ether oxygens (including phenoxy) is 6. The van der Waals surface area contributed by atoms with Gasteiger partial charge in [-0.15, -0.1) is 0 Å². The average molecular weight is 944 g/mol. The molecule has 18 heteroatoms. The Morgan fingerprint density at radius 1 is 0.824 bits per heavy atom. The molecule has 0 aromatic heterocycles. The van der Waals surface area contributed by atoms with Crippen LogP contribution in [0.2, 0.25) is 0 Å². The zero-order valence-corrected chi connectivity index (χ0v) is 38.1. The molecule has 3 unspecified atom stereocenters. The van der Waals surface area contributed by atoms with Gasteiger partial charge < -0.3 is 59.3 Å². The summed E-state index contributed by atoms with van der Waals surface area (Å²) >= 11 is 0. The number of carbonyl (C=O) groups is 6. The Kier molecular flexibility index (Phi) is 13.3. The van der Waals surface area contributed by atoms with Gasteiger partial charge in [0.15, 0.2) is 18.0 Å². The molecule has 5 aliphatic rings. The van der Waals surface area contributed by atoms with Crippen molar-refractivity contribution in [2.75, 3.05) is 13.2 Å². The van der Waals surface area contributed by atoms with E-state index in [0.717, 1.165) is 6.92 Å². The van der Waals surface area contributed by atoms with Gasteiger partial charge in [-0.05, 0) is 36.8 Å². The first-order valence-corrected chi connectivity index (χ1v) is 22.7. The Bertz CT molecular complexity index is 2400. The third kappa shape index (κ3) is 8.13. The molecule has 5 fully saturated rings. The van der Waals surface area contributed by atoms with Crippen molar-refractivity contribution in [3.05, 3.63) is 108 Å². The van der Waals surface area contributed by atoms with E-state index in [1.807, 2.05) is 0 Å². The fraction of sp³-hybridized carbons (Fsp3) is 0.520. The molecule has 3 aliphatic carbocycles. The summed E-state index contributed by atoms with van der Waals surface area (Å²) in [5.74, 6) is -10.1. The van der Waals surface area contributed by atoms with Crippen LogP contribution in [-0.4, -0.2) is 140 Å². The van der Waals surface area contributed by atoms with Crippen molar-refractivity contribution in [3.63, 3.8) is 0 Å². The van der Waals surface area contributed by atoms with Crippen molar-refractivity contribution < 1.29 is 82.7 Å². The smallest absolute Gasteiger partial charge is 0.338 e. The number of hydrogen-bond acceptors (Lipinski definition) is 17. The molecule has 0 radical (unpaired) electrons. The summed E-state index contributed by atoms with van der Waals surface area (Å²) in [6.45, 7) is 6.18. The van der Waals surface area contributed by atoms with Gasteiger partial charge in [0.1, 0.15) is 42.2 Å². The van der Waals surface area contributed by atoms with Crippen LogP contribution in [0.5, 0.6) is 0 Å². The molecule has 6 N–H and O–H groups in total. The Balaban J connectivity index is 1.24. The SMILES string of the molecule is CC(=O)O[C@@]12CO[C@@H]1C[C@H](OC1OC[C@@H](O)[C@H](O)[C@H]1O)[C@@]1(C)C(=O)C(=O)C3C(C)[C@@H](OC(=O)[C@H](O)[C@@H](NC(=O)c4ccccc4)c4ccccc4)C[C@@](O)([C@@H](OC(=O)c4ccccc4)[C@H]21)C3(C)C. The average Bonchev–Trinajstić information content (AvgIpc) is 3.31. The number of aliphatic hydroxyl groups excluding tert-OH is 4. The van der Waals surface area contributed by atoms with E-state index >= 15 is 9.59 Å². The standard InChI is InChI=1S/C50H57NO17/c1-25-31(65-45(61)38(56)35(27-15-9-6-10-16-27)51-43(59)28-17-11-7-12-18-28)22-50(62)42(67-44(60)29-19-13-8-14-20-29)40-48(5,41(58)37(55)34(25)47(50,3)4)32(21-33-49(40,24-64-33)68-26(2)52)66-46-39(57)36(54)30(53)23-63-46/h6-20,25,30-36,38-40,42,46,53-54,56-57,62H,21-24H2,1-5H3,(H,51,59)/t25?,30-,31+,32+,33-,34?,35+,36+,38-,39-,40+,42+,46?,48-,49+,50-/m1/s1. The van der Waals surface area contributed by atoms with Crippen molar-refractivity contribution in [2.24, 2.45) is 28.6 Å². The minimum Gasteiger partial charge on any atom is -0.460 e. The molecule has 8 rings (SSSR count). The number of aliphatic hydroxyl groups is 5. The second kappa shape index (κ2) is 18.5. The van der Waals surface area contributed by atoms with E-state index in [-0.39, 0.29) is 17.5 Å². The summed E-state index contributed by atoms with van der Waals surface area (Å²) in [6.07, 6.45) is -15.7. The maximum atomic E-state index is 15.6. The highest BCUT2D eigenvalue weighted by molar-refractivity contribution is 6.40. The maximum absolute atomic E-state index is 15.6. The van der Waals surface area contributed by atoms with Gasteiger partial charge in [-0.1, -0.05) is 87.5 Å². The Morgan fingerprint density at radius 2 is 1.43 bits per heavy atom. The van der Waals surface area contributed by atoms with Gasteiger partial charge in [0.2, 0.25) is 11.6 Å². The molecule has 0 spiro atoms. The molecule has 2 saturated heterocycles. The number of hydrogen-bond donors (Lipinski definition) is 6. The van der Waals surface area contributed by atoms with Gasteiger partial charge in [0.25, 0.3) is 5.91 Å². The third-order valence-electron chi connectivity index (χ3n) is 15.2. The number of benzene rings is 3. The van der Waals surface area contributed by atoms with Crippen LogP contribution in [0.15, 0.2) is 91.0 Å². The number of rotatable bonds is 11.